The zero-order valence-corrected chi connectivity index (χ0v) is 14.2. The van der Waals surface area contributed by atoms with Gasteiger partial charge in [-0.05, 0) is 37.0 Å². The van der Waals surface area contributed by atoms with E-state index in [1.807, 2.05) is 19.9 Å². The molecule has 1 atom stereocenters. The van der Waals surface area contributed by atoms with Crippen molar-refractivity contribution in [1.82, 2.24) is 15.1 Å². The number of nitrogens with zero attached hydrogens (tertiary/aromatic N) is 2. The summed E-state index contributed by atoms with van der Waals surface area (Å²) >= 11 is 0. The Morgan fingerprint density at radius 2 is 1.92 bits per heavy atom. The van der Waals surface area contributed by atoms with E-state index in [2.05, 4.69) is 10.4 Å². The summed E-state index contributed by atoms with van der Waals surface area (Å²) in [5.74, 6) is -0.349. The molecule has 0 spiro atoms. The number of carbonyl (C=O) groups is 1. The van der Waals surface area contributed by atoms with Crippen LogP contribution in [0.3, 0.4) is 0 Å². The van der Waals surface area contributed by atoms with Gasteiger partial charge in [0.2, 0.25) is 0 Å². The number of benzene rings is 1. The van der Waals surface area contributed by atoms with E-state index in [9.17, 15) is 14.7 Å². The number of hydrogen-bond acceptors (Lipinski definition) is 4. The van der Waals surface area contributed by atoms with Gasteiger partial charge < -0.3 is 10.4 Å². The molecule has 1 heterocycles. The van der Waals surface area contributed by atoms with Crippen molar-refractivity contribution in [2.24, 2.45) is 5.41 Å². The average Bonchev–Trinajstić information content (AvgIpc) is 2.53. The van der Waals surface area contributed by atoms with Crippen LogP contribution in [0.2, 0.25) is 0 Å². The average molecular weight is 329 g/mol. The summed E-state index contributed by atoms with van der Waals surface area (Å²) in [6.07, 6.45) is 0.138. The summed E-state index contributed by atoms with van der Waals surface area (Å²) < 4.78 is 1.20. The summed E-state index contributed by atoms with van der Waals surface area (Å²) in [4.78, 5) is 24.3. The summed E-state index contributed by atoms with van der Waals surface area (Å²) in [7, 11) is 0. The number of hydrogen-bond donors (Lipinski definition) is 2. The minimum atomic E-state index is -0.435. The molecule has 2 N–H and O–H groups in total. The van der Waals surface area contributed by atoms with Crippen molar-refractivity contribution in [2.75, 3.05) is 6.54 Å². The molecule has 0 aliphatic carbocycles. The highest BCUT2D eigenvalue weighted by atomic mass is 16.3. The molecule has 0 aliphatic rings. The molecule has 1 aromatic heterocycles. The van der Waals surface area contributed by atoms with Crippen molar-refractivity contribution in [1.29, 1.82) is 0 Å². The van der Waals surface area contributed by atoms with Gasteiger partial charge in [0.1, 0.15) is 5.69 Å². The molecular formula is C18H23N3O3. The predicted molar refractivity (Wildman–Crippen MR) is 92.2 cm³/mol. The lowest BCUT2D eigenvalue weighted by Crippen LogP contribution is -2.37. The normalized spacial score (nSPS) is 12.7. The lowest BCUT2D eigenvalue weighted by molar-refractivity contribution is 0.0895. The van der Waals surface area contributed by atoms with Crippen LogP contribution in [0.1, 0.15) is 37.7 Å². The molecule has 0 aliphatic heterocycles. The van der Waals surface area contributed by atoms with Gasteiger partial charge in [0.25, 0.3) is 11.5 Å². The molecule has 128 valence electrons. The number of nitrogens with one attached hydrogen (secondary N) is 1. The summed E-state index contributed by atoms with van der Waals surface area (Å²) in [5, 5.41) is 16.5. The highest BCUT2D eigenvalue weighted by Gasteiger charge is 2.22. The van der Waals surface area contributed by atoms with E-state index in [1.54, 1.807) is 31.2 Å². The SMILES string of the molecule is CC(O)CC(C)(C)CNC(=O)c1ccc(=O)n(-c2ccccc2)n1. The van der Waals surface area contributed by atoms with E-state index in [-0.39, 0.29) is 22.6 Å². The largest absolute Gasteiger partial charge is 0.393 e. The molecule has 0 fully saturated rings. The number of aliphatic hydroxyl groups excluding tert-OH is 1. The molecule has 6 heteroatoms. The molecule has 0 saturated carbocycles. The molecule has 0 saturated heterocycles. The van der Waals surface area contributed by atoms with Gasteiger partial charge in [0, 0.05) is 12.6 Å². The molecule has 2 rings (SSSR count). The number of amides is 1. The van der Waals surface area contributed by atoms with Crippen molar-refractivity contribution >= 4 is 5.91 Å². The maximum atomic E-state index is 12.3. The third-order valence-electron chi connectivity index (χ3n) is 3.61. The standard InChI is InChI=1S/C18H23N3O3/c1-13(22)11-18(2,3)12-19-17(24)15-9-10-16(23)21(20-15)14-7-5-4-6-8-14/h4-10,13,22H,11-12H2,1-3H3,(H,19,24). The van der Waals surface area contributed by atoms with Crippen LogP contribution in [0.4, 0.5) is 0 Å². The Kier molecular flexibility index (Phi) is 5.51. The number of rotatable bonds is 6. The lowest BCUT2D eigenvalue weighted by atomic mass is 9.87. The van der Waals surface area contributed by atoms with Crippen LogP contribution in [-0.2, 0) is 0 Å². The van der Waals surface area contributed by atoms with Gasteiger partial charge in [0.15, 0.2) is 0 Å². The van der Waals surface area contributed by atoms with E-state index in [4.69, 9.17) is 0 Å². The first-order valence-corrected chi connectivity index (χ1v) is 7.90. The molecule has 1 aromatic carbocycles. The number of para-hydroxylation sites is 1. The van der Waals surface area contributed by atoms with Crippen molar-refractivity contribution in [2.45, 2.75) is 33.3 Å². The van der Waals surface area contributed by atoms with Gasteiger partial charge in [-0.15, -0.1) is 0 Å². The van der Waals surface area contributed by atoms with Crippen LogP contribution < -0.4 is 10.9 Å². The summed E-state index contributed by atoms with van der Waals surface area (Å²) in [6, 6.07) is 11.7. The number of aromatic nitrogens is 2. The molecule has 0 radical (unpaired) electrons. The van der Waals surface area contributed by atoms with E-state index in [0.717, 1.165) is 0 Å². The van der Waals surface area contributed by atoms with Crippen LogP contribution in [0, 0.1) is 5.41 Å². The van der Waals surface area contributed by atoms with E-state index in [1.165, 1.54) is 16.8 Å². The summed E-state index contributed by atoms with van der Waals surface area (Å²) in [6.45, 7) is 6.07. The molecule has 1 unspecified atom stereocenters. The second kappa shape index (κ2) is 7.40. The third-order valence-corrected chi connectivity index (χ3v) is 3.61. The van der Waals surface area contributed by atoms with Crippen LogP contribution in [0.25, 0.3) is 5.69 Å². The zero-order chi connectivity index (χ0) is 17.7. The van der Waals surface area contributed by atoms with Gasteiger partial charge in [-0.3, -0.25) is 9.59 Å². The minimum absolute atomic E-state index is 0.173. The van der Waals surface area contributed by atoms with E-state index >= 15 is 0 Å². The monoisotopic (exact) mass is 329 g/mol. The quantitative estimate of drug-likeness (QED) is 0.846. The van der Waals surface area contributed by atoms with Crippen molar-refractivity contribution in [3.8, 4) is 5.69 Å². The first kappa shape index (κ1) is 17.9. The summed E-state index contributed by atoms with van der Waals surface area (Å²) in [5.41, 5.74) is 0.239. The first-order chi connectivity index (χ1) is 11.3. The van der Waals surface area contributed by atoms with Crippen molar-refractivity contribution in [3.05, 3.63) is 58.5 Å². The fourth-order valence-corrected chi connectivity index (χ4v) is 2.57. The van der Waals surface area contributed by atoms with E-state index in [0.29, 0.717) is 18.7 Å². The Morgan fingerprint density at radius 1 is 1.25 bits per heavy atom. The Morgan fingerprint density at radius 3 is 2.54 bits per heavy atom. The predicted octanol–water partition coefficient (Wildman–Crippen LogP) is 1.76. The highest BCUT2D eigenvalue weighted by molar-refractivity contribution is 5.92. The van der Waals surface area contributed by atoms with Gasteiger partial charge in [-0.25, -0.2) is 0 Å². The molecular weight excluding hydrogens is 306 g/mol. The Bertz CT molecular complexity index is 752. The minimum Gasteiger partial charge on any atom is -0.393 e. The Labute approximate surface area is 141 Å². The lowest BCUT2D eigenvalue weighted by Gasteiger charge is -2.26. The second-order valence-corrected chi connectivity index (χ2v) is 6.70. The molecule has 1 amide bonds. The third kappa shape index (κ3) is 4.76. The number of carbonyl (C=O) groups excluding carboxylic acids is 1. The fraction of sp³-hybridized carbons (Fsp3) is 0.389. The number of aliphatic hydroxyl groups is 1. The smallest absolute Gasteiger partial charge is 0.271 e. The Hall–Kier alpha value is -2.47. The van der Waals surface area contributed by atoms with Crippen LogP contribution in [0.15, 0.2) is 47.3 Å². The van der Waals surface area contributed by atoms with Crippen LogP contribution in [0.5, 0.6) is 0 Å². The maximum absolute atomic E-state index is 12.3. The van der Waals surface area contributed by atoms with Crippen molar-refractivity contribution < 1.29 is 9.90 Å². The second-order valence-electron chi connectivity index (χ2n) is 6.70. The van der Waals surface area contributed by atoms with E-state index < -0.39 is 6.10 Å². The molecule has 0 bridgehead atoms. The molecule has 24 heavy (non-hydrogen) atoms. The van der Waals surface area contributed by atoms with Gasteiger partial charge in [0.05, 0.1) is 11.8 Å². The zero-order valence-electron chi connectivity index (χ0n) is 14.2. The molecule has 6 nitrogen and oxygen atoms in total. The first-order valence-electron chi connectivity index (χ1n) is 7.90. The van der Waals surface area contributed by atoms with Gasteiger partial charge in [-0.1, -0.05) is 32.0 Å². The highest BCUT2D eigenvalue weighted by Crippen LogP contribution is 2.21. The Balaban J connectivity index is 2.15. The topological polar surface area (TPSA) is 84.2 Å². The van der Waals surface area contributed by atoms with Gasteiger partial charge >= 0.3 is 0 Å². The maximum Gasteiger partial charge on any atom is 0.271 e. The van der Waals surface area contributed by atoms with Crippen molar-refractivity contribution in [3.63, 3.8) is 0 Å². The fourth-order valence-electron chi connectivity index (χ4n) is 2.57. The van der Waals surface area contributed by atoms with Crippen LogP contribution >= 0.6 is 0 Å². The van der Waals surface area contributed by atoms with Gasteiger partial charge in [-0.2, -0.15) is 9.78 Å². The molecule has 2 aromatic rings. The van der Waals surface area contributed by atoms with Crippen LogP contribution in [-0.4, -0.2) is 33.4 Å².